The van der Waals surface area contributed by atoms with Gasteiger partial charge in [0.2, 0.25) is 0 Å². The molecule has 0 saturated heterocycles. The van der Waals surface area contributed by atoms with Crippen LogP contribution in [0.15, 0.2) is 11.6 Å². The lowest BCUT2D eigenvalue weighted by atomic mass is 9.46. The summed E-state index contributed by atoms with van der Waals surface area (Å²) in [6, 6.07) is 0. The van der Waals surface area contributed by atoms with Crippen molar-refractivity contribution in [1.29, 1.82) is 0 Å². The molecule has 0 bridgehead atoms. The lowest BCUT2D eigenvalue weighted by molar-refractivity contribution is -0.0537. The van der Waals surface area contributed by atoms with Gasteiger partial charge < -0.3 is 19.3 Å². The molecule has 0 radical (unpaired) electrons. The van der Waals surface area contributed by atoms with Gasteiger partial charge in [0.15, 0.2) is 0 Å². The van der Waals surface area contributed by atoms with Crippen LogP contribution >= 0.6 is 0 Å². The summed E-state index contributed by atoms with van der Waals surface area (Å²) < 4.78 is 16.7. The number of aliphatic hydroxyl groups excluding tert-OH is 1. The molecule has 0 heterocycles. The van der Waals surface area contributed by atoms with Gasteiger partial charge in [-0.1, -0.05) is 65.5 Å². The summed E-state index contributed by atoms with van der Waals surface area (Å²) in [5.74, 6) is 6.29. The number of ether oxygens (including phenoxy) is 3. The summed E-state index contributed by atoms with van der Waals surface area (Å²) in [7, 11) is 0. The Bertz CT molecular complexity index is 764. The van der Waals surface area contributed by atoms with E-state index in [1.165, 1.54) is 77.0 Å². The fourth-order valence-electron chi connectivity index (χ4n) is 9.86. The smallest absolute Gasteiger partial charge is 0.0701 e. The zero-order valence-electron chi connectivity index (χ0n) is 26.2. The van der Waals surface area contributed by atoms with Crippen molar-refractivity contribution in [3.05, 3.63) is 11.6 Å². The Labute approximate surface area is 241 Å². The highest BCUT2D eigenvalue weighted by atomic mass is 16.5. The molecule has 39 heavy (non-hydrogen) atoms. The Kier molecular flexibility index (Phi) is 11.8. The normalized spacial score (nSPS) is 36.8. The molecule has 3 fully saturated rings. The molecule has 0 unspecified atom stereocenters. The van der Waals surface area contributed by atoms with E-state index in [2.05, 4.69) is 40.7 Å². The first-order valence-electron chi connectivity index (χ1n) is 16.8. The quantitative estimate of drug-likeness (QED) is 0.157. The zero-order valence-corrected chi connectivity index (χ0v) is 26.2. The van der Waals surface area contributed by atoms with Crippen LogP contribution in [-0.2, 0) is 14.2 Å². The van der Waals surface area contributed by atoms with Crippen molar-refractivity contribution in [2.75, 3.05) is 46.2 Å². The van der Waals surface area contributed by atoms with Crippen molar-refractivity contribution in [2.24, 2.45) is 52.3 Å². The molecule has 8 atom stereocenters. The highest BCUT2D eigenvalue weighted by molar-refractivity contribution is 5.25. The maximum Gasteiger partial charge on any atom is 0.0701 e. The van der Waals surface area contributed by atoms with E-state index in [9.17, 15) is 0 Å². The van der Waals surface area contributed by atoms with E-state index in [0.717, 1.165) is 48.0 Å². The minimum Gasteiger partial charge on any atom is -0.394 e. The number of aliphatic hydroxyl groups is 1. The third kappa shape index (κ3) is 7.51. The number of hydrogen-bond acceptors (Lipinski definition) is 4. The molecule has 4 heteroatoms. The predicted molar refractivity (Wildman–Crippen MR) is 161 cm³/mol. The second-order valence-corrected chi connectivity index (χ2v) is 14.7. The molecule has 4 aliphatic carbocycles. The standard InChI is InChI=1S/C35H62O4/c1-26(2)7-6-8-27(3)31-11-12-32-30-10-9-29-25-28(15-19-37-21-23-39-24-22-38-20-18-36)13-16-34(29,4)33(30)14-17-35(31,32)5/h9,26-28,30-33,36H,6-8,10-25H2,1-5H3/t27-,28-,30+,31-,32+,33+,34+,35-/m1/s1. The topological polar surface area (TPSA) is 47.9 Å². The first-order chi connectivity index (χ1) is 18.8. The van der Waals surface area contributed by atoms with Gasteiger partial charge in [-0.25, -0.2) is 0 Å². The molecule has 3 saturated carbocycles. The summed E-state index contributed by atoms with van der Waals surface area (Å²) in [5, 5.41) is 8.71. The van der Waals surface area contributed by atoms with Crippen LogP contribution < -0.4 is 0 Å². The number of rotatable bonds is 16. The summed E-state index contributed by atoms with van der Waals surface area (Å²) in [4.78, 5) is 0. The van der Waals surface area contributed by atoms with Crippen LogP contribution in [0.2, 0.25) is 0 Å². The van der Waals surface area contributed by atoms with E-state index >= 15 is 0 Å². The van der Waals surface area contributed by atoms with Crippen molar-refractivity contribution in [3.8, 4) is 0 Å². The highest BCUT2D eigenvalue weighted by Crippen LogP contribution is 2.67. The Morgan fingerprint density at radius 3 is 2.28 bits per heavy atom. The van der Waals surface area contributed by atoms with Gasteiger partial charge >= 0.3 is 0 Å². The summed E-state index contributed by atoms with van der Waals surface area (Å²) in [5.41, 5.74) is 2.85. The second kappa shape index (κ2) is 14.7. The van der Waals surface area contributed by atoms with Gasteiger partial charge in [0.25, 0.3) is 0 Å². The van der Waals surface area contributed by atoms with Crippen LogP contribution in [0.5, 0.6) is 0 Å². The fraction of sp³-hybridized carbons (Fsp3) is 0.943. The Hall–Kier alpha value is -0.420. The molecule has 0 aromatic carbocycles. The van der Waals surface area contributed by atoms with Crippen LogP contribution in [0, 0.1) is 52.3 Å². The minimum atomic E-state index is 0.0695. The Morgan fingerprint density at radius 1 is 0.846 bits per heavy atom. The molecule has 4 nitrogen and oxygen atoms in total. The summed E-state index contributed by atoms with van der Waals surface area (Å²) in [6.45, 7) is 16.4. The summed E-state index contributed by atoms with van der Waals surface area (Å²) >= 11 is 0. The van der Waals surface area contributed by atoms with Gasteiger partial charge in [-0.15, -0.1) is 0 Å². The van der Waals surface area contributed by atoms with Gasteiger partial charge in [-0.2, -0.15) is 0 Å². The lowest BCUT2D eigenvalue weighted by Gasteiger charge is -2.58. The predicted octanol–water partition coefficient (Wildman–Crippen LogP) is 8.08. The second-order valence-electron chi connectivity index (χ2n) is 14.7. The maximum absolute atomic E-state index is 8.71. The Balaban J connectivity index is 1.23. The molecular weight excluding hydrogens is 484 g/mol. The largest absolute Gasteiger partial charge is 0.394 e. The van der Waals surface area contributed by atoms with Crippen molar-refractivity contribution >= 4 is 0 Å². The molecule has 0 aromatic rings. The van der Waals surface area contributed by atoms with Crippen LogP contribution in [-0.4, -0.2) is 51.4 Å². The average molecular weight is 547 g/mol. The first-order valence-corrected chi connectivity index (χ1v) is 16.8. The SMILES string of the molecule is CC(C)CCC[C@@H](C)[C@H]1CC[C@H]2[C@@H]3CC=C4C[C@@H](CCOCCOCCOCCO)CC[C@]4(C)[C@H]3CC[C@]12C. The van der Waals surface area contributed by atoms with E-state index in [1.807, 2.05) is 5.57 Å². The van der Waals surface area contributed by atoms with E-state index in [-0.39, 0.29) is 6.61 Å². The minimum absolute atomic E-state index is 0.0695. The lowest BCUT2D eigenvalue weighted by Crippen LogP contribution is -2.50. The van der Waals surface area contributed by atoms with Crippen molar-refractivity contribution in [2.45, 2.75) is 112 Å². The van der Waals surface area contributed by atoms with Crippen molar-refractivity contribution in [1.82, 2.24) is 0 Å². The Morgan fingerprint density at radius 2 is 1.56 bits per heavy atom. The molecule has 0 aromatic heterocycles. The van der Waals surface area contributed by atoms with E-state index < -0.39 is 0 Å². The third-order valence-electron chi connectivity index (χ3n) is 12.1. The van der Waals surface area contributed by atoms with Crippen LogP contribution in [0.3, 0.4) is 0 Å². The average Bonchev–Trinajstić information content (AvgIpc) is 3.27. The van der Waals surface area contributed by atoms with Gasteiger partial charge in [-0.05, 0) is 110 Å². The fourth-order valence-corrected chi connectivity index (χ4v) is 9.86. The molecule has 4 aliphatic rings. The molecule has 0 aliphatic heterocycles. The van der Waals surface area contributed by atoms with Crippen LogP contribution in [0.4, 0.5) is 0 Å². The number of fused-ring (bicyclic) bond motifs is 5. The maximum atomic E-state index is 8.71. The monoisotopic (exact) mass is 546 g/mol. The van der Waals surface area contributed by atoms with Gasteiger partial charge in [0.05, 0.1) is 39.6 Å². The highest BCUT2D eigenvalue weighted by Gasteiger charge is 2.59. The number of hydrogen-bond donors (Lipinski definition) is 1. The zero-order chi connectivity index (χ0) is 27.9. The molecule has 1 N–H and O–H groups in total. The van der Waals surface area contributed by atoms with Gasteiger partial charge in [0.1, 0.15) is 0 Å². The molecule has 0 amide bonds. The number of allylic oxidation sites excluding steroid dienone is 2. The first kappa shape index (κ1) is 31.5. The van der Waals surface area contributed by atoms with Crippen LogP contribution in [0.25, 0.3) is 0 Å². The van der Waals surface area contributed by atoms with Crippen molar-refractivity contribution < 1.29 is 19.3 Å². The van der Waals surface area contributed by atoms with Crippen molar-refractivity contribution in [3.63, 3.8) is 0 Å². The molecular formula is C35H62O4. The molecule has 226 valence electrons. The van der Waals surface area contributed by atoms with Gasteiger partial charge in [0, 0.05) is 6.61 Å². The third-order valence-corrected chi connectivity index (χ3v) is 12.1. The van der Waals surface area contributed by atoms with E-state index in [4.69, 9.17) is 19.3 Å². The van der Waals surface area contributed by atoms with Crippen LogP contribution in [0.1, 0.15) is 112 Å². The van der Waals surface area contributed by atoms with E-state index in [0.29, 0.717) is 43.9 Å². The molecule has 4 rings (SSSR count). The van der Waals surface area contributed by atoms with E-state index in [1.54, 1.807) is 0 Å². The molecule has 0 spiro atoms. The van der Waals surface area contributed by atoms with Gasteiger partial charge in [-0.3, -0.25) is 0 Å². The summed E-state index contributed by atoms with van der Waals surface area (Å²) in [6.07, 6.45) is 19.5.